The second-order valence-electron chi connectivity index (χ2n) is 5.31. The molecule has 0 saturated carbocycles. The zero-order valence-electron chi connectivity index (χ0n) is 14.4. The third kappa shape index (κ3) is 7.18. The first-order valence-corrected chi connectivity index (χ1v) is 9.69. The van der Waals surface area contributed by atoms with Crippen molar-refractivity contribution >= 4 is 21.6 Å². The molecule has 0 radical (unpaired) electrons. The van der Waals surface area contributed by atoms with Crippen LogP contribution in [0.1, 0.15) is 19.8 Å². The fourth-order valence-electron chi connectivity index (χ4n) is 1.96. The fourth-order valence-corrected chi connectivity index (χ4v) is 2.82. The minimum atomic E-state index is -3.57. The van der Waals surface area contributed by atoms with E-state index in [0.29, 0.717) is 37.6 Å². The highest BCUT2D eigenvalue weighted by molar-refractivity contribution is 7.92. The summed E-state index contributed by atoms with van der Waals surface area (Å²) in [6.07, 6.45) is 2.64. The minimum Gasteiger partial charge on any atom is -0.494 e. The van der Waals surface area contributed by atoms with Gasteiger partial charge in [-0.15, -0.1) is 0 Å². The van der Waals surface area contributed by atoms with Crippen LogP contribution < -0.4 is 14.4 Å². The molecule has 0 aliphatic carbocycles. The Balaban J connectivity index is 2.74. The van der Waals surface area contributed by atoms with Crippen LogP contribution in [0, 0.1) is 0 Å². The molecule has 1 amide bonds. The van der Waals surface area contributed by atoms with Gasteiger partial charge < -0.3 is 14.8 Å². The van der Waals surface area contributed by atoms with Crippen molar-refractivity contribution in [2.24, 2.45) is 0 Å². The number of sulfonamides is 1. The molecule has 0 aliphatic rings. The Morgan fingerprint density at radius 3 is 2.42 bits per heavy atom. The van der Waals surface area contributed by atoms with E-state index in [0.717, 1.165) is 17.0 Å². The van der Waals surface area contributed by atoms with Crippen molar-refractivity contribution in [2.45, 2.75) is 19.8 Å². The van der Waals surface area contributed by atoms with Crippen molar-refractivity contribution < 1.29 is 22.7 Å². The lowest BCUT2D eigenvalue weighted by Crippen LogP contribution is -2.40. The van der Waals surface area contributed by atoms with E-state index >= 15 is 0 Å². The first kappa shape index (κ1) is 20.2. The molecule has 0 saturated heterocycles. The molecule has 0 heterocycles. The molecule has 0 atom stereocenters. The van der Waals surface area contributed by atoms with E-state index in [1.807, 2.05) is 6.92 Å². The van der Waals surface area contributed by atoms with Gasteiger partial charge in [-0.1, -0.05) is 6.92 Å². The van der Waals surface area contributed by atoms with Gasteiger partial charge in [0.25, 0.3) is 0 Å². The second kappa shape index (κ2) is 10.1. The molecule has 0 fully saturated rings. The van der Waals surface area contributed by atoms with Gasteiger partial charge in [-0.05, 0) is 37.1 Å². The van der Waals surface area contributed by atoms with Crippen LogP contribution in [0.4, 0.5) is 5.69 Å². The maximum absolute atomic E-state index is 12.0. The number of anilines is 1. The maximum Gasteiger partial charge on any atom is 0.240 e. The fraction of sp³-hybridized carbons (Fsp3) is 0.562. The third-order valence-electron chi connectivity index (χ3n) is 3.13. The van der Waals surface area contributed by atoms with Crippen LogP contribution in [0.15, 0.2) is 24.3 Å². The largest absolute Gasteiger partial charge is 0.494 e. The van der Waals surface area contributed by atoms with Gasteiger partial charge in [-0.2, -0.15) is 0 Å². The number of rotatable bonds is 11. The average Bonchev–Trinajstić information content (AvgIpc) is 2.54. The number of amides is 1. The highest BCUT2D eigenvalue weighted by Gasteiger charge is 2.20. The molecule has 0 aliphatic heterocycles. The summed E-state index contributed by atoms with van der Waals surface area (Å²) in [6, 6.07) is 6.65. The molecule has 1 rings (SSSR count). The third-order valence-corrected chi connectivity index (χ3v) is 4.27. The van der Waals surface area contributed by atoms with Crippen molar-refractivity contribution in [1.29, 1.82) is 0 Å². The van der Waals surface area contributed by atoms with Crippen LogP contribution in [-0.2, 0) is 19.6 Å². The molecule has 0 bridgehead atoms. The topological polar surface area (TPSA) is 84.9 Å². The van der Waals surface area contributed by atoms with Gasteiger partial charge in [0, 0.05) is 20.3 Å². The summed E-state index contributed by atoms with van der Waals surface area (Å²) in [6.45, 7) is 3.31. The molecule has 0 spiro atoms. The van der Waals surface area contributed by atoms with E-state index < -0.39 is 10.0 Å². The summed E-state index contributed by atoms with van der Waals surface area (Å²) in [5.41, 5.74) is 0.424. The summed E-state index contributed by atoms with van der Waals surface area (Å²) in [5.74, 6) is 0.306. The van der Waals surface area contributed by atoms with E-state index in [-0.39, 0.29) is 12.5 Å². The van der Waals surface area contributed by atoms with Crippen LogP contribution >= 0.6 is 0 Å². The van der Waals surface area contributed by atoms with E-state index in [4.69, 9.17) is 9.47 Å². The van der Waals surface area contributed by atoms with Crippen molar-refractivity contribution in [3.8, 4) is 5.75 Å². The first-order valence-electron chi connectivity index (χ1n) is 7.84. The Bertz CT molecular complexity index is 601. The van der Waals surface area contributed by atoms with Crippen LogP contribution in [0.25, 0.3) is 0 Å². The predicted molar refractivity (Wildman–Crippen MR) is 93.9 cm³/mol. The van der Waals surface area contributed by atoms with Crippen LogP contribution in [0.3, 0.4) is 0 Å². The van der Waals surface area contributed by atoms with Gasteiger partial charge >= 0.3 is 0 Å². The summed E-state index contributed by atoms with van der Waals surface area (Å²) < 4.78 is 35.4. The van der Waals surface area contributed by atoms with Crippen molar-refractivity contribution in [2.75, 3.05) is 44.0 Å². The first-order chi connectivity index (χ1) is 11.4. The van der Waals surface area contributed by atoms with E-state index in [2.05, 4.69) is 5.32 Å². The summed E-state index contributed by atoms with van der Waals surface area (Å²) in [5, 5.41) is 2.68. The van der Waals surface area contributed by atoms with Crippen LogP contribution in [0.2, 0.25) is 0 Å². The van der Waals surface area contributed by atoms with E-state index in [9.17, 15) is 13.2 Å². The van der Waals surface area contributed by atoms with Gasteiger partial charge in [-0.3, -0.25) is 9.10 Å². The highest BCUT2D eigenvalue weighted by Crippen LogP contribution is 2.21. The van der Waals surface area contributed by atoms with Crippen LogP contribution in [-0.4, -0.2) is 54.0 Å². The highest BCUT2D eigenvalue weighted by atomic mass is 32.2. The zero-order valence-corrected chi connectivity index (χ0v) is 15.3. The molecule has 1 aromatic carbocycles. The van der Waals surface area contributed by atoms with Gasteiger partial charge in [0.15, 0.2) is 0 Å². The van der Waals surface area contributed by atoms with E-state index in [1.54, 1.807) is 31.4 Å². The average molecular weight is 358 g/mol. The predicted octanol–water partition coefficient (Wildman–Crippen LogP) is 1.39. The number of ether oxygens (including phenoxy) is 2. The molecule has 24 heavy (non-hydrogen) atoms. The number of carbonyl (C=O) groups is 1. The van der Waals surface area contributed by atoms with Gasteiger partial charge in [0.2, 0.25) is 15.9 Å². The Morgan fingerprint density at radius 1 is 1.21 bits per heavy atom. The molecule has 0 unspecified atom stereocenters. The van der Waals surface area contributed by atoms with Gasteiger partial charge in [0.05, 0.1) is 18.6 Å². The summed E-state index contributed by atoms with van der Waals surface area (Å²) in [7, 11) is -1.99. The molecular formula is C16H26N2O5S. The maximum atomic E-state index is 12.0. The van der Waals surface area contributed by atoms with Crippen LogP contribution in [0.5, 0.6) is 5.75 Å². The number of methoxy groups -OCH3 is 1. The number of benzene rings is 1. The number of carbonyl (C=O) groups excluding carboxylic acids is 1. The Hall–Kier alpha value is -1.80. The monoisotopic (exact) mass is 358 g/mol. The normalized spacial score (nSPS) is 11.1. The molecule has 0 aromatic heterocycles. The summed E-state index contributed by atoms with van der Waals surface area (Å²) >= 11 is 0. The number of nitrogens with one attached hydrogen (secondary N) is 1. The Morgan fingerprint density at radius 2 is 1.88 bits per heavy atom. The molecule has 136 valence electrons. The molecule has 1 aromatic rings. The van der Waals surface area contributed by atoms with Crippen molar-refractivity contribution in [1.82, 2.24) is 5.32 Å². The lowest BCUT2D eigenvalue weighted by molar-refractivity contribution is -0.119. The Labute approximate surface area is 144 Å². The lowest BCUT2D eigenvalue weighted by atomic mass is 10.3. The molecule has 1 N–H and O–H groups in total. The standard InChI is InChI=1S/C16H26N2O5S/c1-4-11-23-15-8-6-14(7-9-15)18(24(3,20)21)13-16(19)17-10-5-12-22-2/h6-9H,4-5,10-13H2,1-3H3,(H,17,19). The quantitative estimate of drug-likeness (QED) is 0.604. The molecular weight excluding hydrogens is 332 g/mol. The number of hydrogen-bond acceptors (Lipinski definition) is 5. The minimum absolute atomic E-state index is 0.263. The Kier molecular flexibility index (Phi) is 8.56. The smallest absolute Gasteiger partial charge is 0.240 e. The second-order valence-corrected chi connectivity index (χ2v) is 7.22. The van der Waals surface area contributed by atoms with Crippen molar-refractivity contribution in [3.05, 3.63) is 24.3 Å². The van der Waals surface area contributed by atoms with Gasteiger partial charge in [0.1, 0.15) is 12.3 Å². The van der Waals surface area contributed by atoms with E-state index in [1.165, 1.54) is 0 Å². The summed E-state index contributed by atoms with van der Waals surface area (Å²) in [4.78, 5) is 12.0. The van der Waals surface area contributed by atoms with Crippen molar-refractivity contribution in [3.63, 3.8) is 0 Å². The number of hydrogen-bond donors (Lipinski definition) is 1. The van der Waals surface area contributed by atoms with Gasteiger partial charge in [-0.25, -0.2) is 8.42 Å². The zero-order chi connectivity index (χ0) is 18.0. The molecule has 7 nitrogen and oxygen atoms in total. The SMILES string of the molecule is CCCOc1ccc(N(CC(=O)NCCCOC)S(C)(=O)=O)cc1. The number of nitrogens with zero attached hydrogens (tertiary/aromatic N) is 1. The molecule has 8 heteroatoms. The lowest BCUT2D eigenvalue weighted by Gasteiger charge is -2.22.